The molecule has 1 N–H and O–H groups in total. The van der Waals surface area contributed by atoms with E-state index in [-0.39, 0.29) is 17.5 Å². The van der Waals surface area contributed by atoms with Gasteiger partial charge in [-0.05, 0) is 42.7 Å². The summed E-state index contributed by atoms with van der Waals surface area (Å²) in [6.45, 7) is 6.87. The molecule has 2 amide bonds. The largest absolute Gasteiger partial charge is 0.497 e. The monoisotopic (exact) mass is 394 g/mol. The summed E-state index contributed by atoms with van der Waals surface area (Å²) < 4.78 is 11.0. The van der Waals surface area contributed by atoms with Gasteiger partial charge in [0.05, 0.1) is 19.3 Å². The highest BCUT2D eigenvalue weighted by atomic mass is 16.5. The van der Waals surface area contributed by atoms with Crippen molar-refractivity contribution in [3.63, 3.8) is 0 Å². The fourth-order valence-electron chi connectivity index (χ4n) is 3.07. The Bertz CT molecular complexity index is 932. The lowest BCUT2D eigenvalue weighted by Crippen LogP contribution is -2.32. The Kier molecular flexibility index (Phi) is 6.22. The van der Waals surface area contributed by atoms with Gasteiger partial charge in [-0.3, -0.25) is 14.5 Å². The standard InChI is InChI=1S/C23H26N2O4/c1-5-25-22(26)20(16-9-11-18(12-10-16)29-14-15(2)3)21(23(25)27)24-17-7-6-8-19(13-17)28-4/h6-13,15,24H,5,14H2,1-4H3. The van der Waals surface area contributed by atoms with Gasteiger partial charge in [0.15, 0.2) is 0 Å². The molecule has 0 radical (unpaired) electrons. The summed E-state index contributed by atoms with van der Waals surface area (Å²) in [7, 11) is 1.58. The van der Waals surface area contributed by atoms with Gasteiger partial charge in [-0.1, -0.05) is 32.0 Å². The molecular weight excluding hydrogens is 368 g/mol. The number of hydrogen-bond donors (Lipinski definition) is 1. The van der Waals surface area contributed by atoms with Crippen molar-refractivity contribution in [1.29, 1.82) is 0 Å². The zero-order valence-electron chi connectivity index (χ0n) is 17.2. The second-order valence-corrected chi connectivity index (χ2v) is 7.19. The van der Waals surface area contributed by atoms with Crippen LogP contribution in [0.1, 0.15) is 26.3 Å². The van der Waals surface area contributed by atoms with Crippen LogP contribution in [0.25, 0.3) is 5.57 Å². The van der Waals surface area contributed by atoms with Crippen LogP contribution in [0.2, 0.25) is 0 Å². The van der Waals surface area contributed by atoms with Crippen molar-refractivity contribution in [1.82, 2.24) is 4.90 Å². The quantitative estimate of drug-likeness (QED) is 0.687. The van der Waals surface area contributed by atoms with E-state index in [1.807, 2.05) is 42.5 Å². The zero-order valence-corrected chi connectivity index (χ0v) is 17.2. The third-order valence-corrected chi connectivity index (χ3v) is 4.55. The number of amides is 2. The third-order valence-electron chi connectivity index (χ3n) is 4.55. The highest BCUT2D eigenvalue weighted by molar-refractivity contribution is 6.36. The first-order chi connectivity index (χ1) is 13.9. The SMILES string of the molecule is CCN1C(=O)C(Nc2cccc(OC)c2)=C(c2ccc(OCC(C)C)cc2)C1=O. The molecule has 1 aliphatic heterocycles. The highest BCUT2D eigenvalue weighted by Gasteiger charge is 2.38. The molecule has 29 heavy (non-hydrogen) atoms. The van der Waals surface area contributed by atoms with E-state index in [0.717, 1.165) is 5.75 Å². The van der Waals surface area contributed by atoms with Gasteiger partial charge < -0.3 is 14.8 Å². The molecule has 0 spiro atoms. The number of rotatable bonds is 8. The molecule has 1 aliphatic rings. The first-order valence-electron chi connectivity index (χ1n) is 9.69. The number of hydrogen-bond acceptors (Lipinski definition) is 5. The van der Waals surface area contributed by atoms with Gasteiger partial charge in [0, 0.05) is 18.3 Å². The van der Waals surface area contributed by atoms with E-state index in [4.69, 9.17) is 9.47 Å². The second-order valence-electron chi connectivity index (χ2n) is 7.19. The number of likely N-dealkylation sites (N-methyl/N-ethyl adjacent to an activating group) is 1. The lowest BCUT2D eigenvalue weighted by Gasteiger charge is -2.12. The molecule has 0 aromatic heterocycles. The van der Waals surface area contributed by atoms with Crippen molar-refractivity contribution in [2.75, 3.05) is 25.6 Å². The van der Waals surface area contributed by atoms with E-state index in [0.29, 0.717) is 41.6 Å². The average molecular weight is 394 g/mol. The number of carbonyl (C=O) groups is 2. The molecule has 0 atom stereocenters. The molecule has 0 saturated heterocycles. The molecule has 0 bridgehead atoms. The molecule has 0 unspecified atom stereocenters. The maximum absolute atomic E-state index is 12.9. The molecule has 1 heterocycles. The van der Waals surface area contributed by atoms with Crippen LogP contribution < -0.4 is 14.8 Å². The molecule has 2 aromatic rings. The minimum absolute atomic E-state index is 0.265. The van der Waals surface area contributed by atoms with Gasteiger partial charge in [0.25, 0.3) is 11.8 Å². The Morgan fingerprint density at radius 3 is 2.34 bits per heavy atom. The van der Waals surface area contributed by atoms with E-state index < -0.39 is 0 Å². The van der Waals surface area contributed by atoms with Gasteiger partial charge in [-0.2, -0.15) is 0 Å². The van der Waals surface area contributed by atoms with Crippen LogP contribution in [-0.4, -0.2) is 37.0 Å². The minimum atomic E-state index is -0.338. The third kappa shape index (κ3) is 4.42. The fraction of sp³-hybridized carbons (Fsp3) is 0.304. The number of benzene rings is 2. The van der Waals surface area contributed by atoms with Gasteiger partial charge in [-0.15, -0.1) is 0 Å². The predicted octanol–water partition coefficient (Wildman–Crippen LogP) is 3.94. The van der Waals surface area contributed by atoms with Crippen molar-refractivity contribution < 1.29 is 19.1 Å². The summed E-state index contributed by atoms with van der Waals surface area (Å²) in [5.41, 5.74) is 1.96. The summed E-state index contributed by atoms with van der Waals surface area (Å²) in [6.07, 6.45) is 0. The van der Waals surface area contributed by atoms with Crippen molar-refractivity contribution in [2.45, 2.75) is 20.8 Å². The summed E-state index contributed by atoms with van der Waals surface area (Å²) in [6, 6.07) is 14.5. The van der Waals surface area contributed by atoms with Crippen LogP contribution in [0.3, 0.4) is 0 Å². The van der Waals surface area contributed by atoms with Crippen molar-refractivity contribution in [3.8, 4) is 11.5 Å². The Labute approximate surface area is 171 Å². The first-order valence-corrected chi connectivity index (χ1v) is 9.69. The molecule has 2 aromatic carbocycles. The Morgan fingerprint density at radius 1 is 1.00 bits per heavy atom. The smallest absolute Gasteiger partial charge is 0.278 e. The van der Waals surface area contributed by atoms with E-state index in [1.54, 1.807) is 20.1 Å². The molecule has 0 saturated carbocycles. The van der Waals surface area contributed by atoms with Crippen LogP contribution in [0.5, 0.6) is 11.5 Å². The van der Waals surface area contributed by atoms with Crippen LogP contribution in [0.4, 0.5) is 5.69 Å². The summed E-state index contributed by atoms with van der Waals surface area (Å²) in [5.74, 6) is 1.17. The molecule has 3 rings (SSSR count). The number of carbonyl (C=O) groups excluding carboxylic acids is 2. The minimum Gasteiger partial charge on any atom is -0.497 e. The second kappa shape index (κ2) is 8.82. The summed E-state index contributed by atoms with van der Waals surface area (Å²) in [5, 5.41) is 3.12. The maximum Gasteiger partial charge on any atom is 0.278 e. The van der Waals surface area contributed by atoms with Gasteiger partial charge >= 0.3 is 0 Å². The van der Waals surface area contributed by atoms with Gasteiger partial charge in [0.2, 0.25) is 0 Å². The number of anilines is 1. The number of nitrogens with zero attached hydrogens (tertiary/aromatic N) is 1. The van der Waals surface area contributed by atoms with Crippen LogP contribution >= 0.6 is 0 Å². The van der Waals surface area contributed by atoms with Crippen molar-refractivity contribution >= 4 is 23.1 Å². The number of nitrogens with one attached hydrogen (secondary N) is 1. The number of imide groups is 1. The van der Waals surface area contributed by atoms with E-state index in [2.05, 4.69) is 19.2 Å². The normalized spacial score (nSPS) is 14.0. The lowest BCUT2D eigenvalue weighted by molar-refractivity contribution is -0.136. The average Bonchev–Trinajstić information content (AvgIpc) is 2.96. The Balaban J connectivity index is 1.96. The Hall–Kier alpha value is -3.28. The summed E-state index contributed by atoms with van der Waals surface area (Å²) >= 11 is 0. The van der Waals surface area contributed by atoms with Crippen molar-refractivity contribution in [2.24, 2.45) is 5.92 Å². The molecular formula is C23H26N2O4. The van der Waals surface area contributed by atoms with E-state index in [9.17, 15) is 9.59 Å². The zero-order chi connectivity index (χ0) is 21.0. The molecule has 152 valence electrons. The number of methoxy groups -OCH3 is 1. The lowest BCUT2D eigenvalue weighted by atomic mass is 10.0. The Morgan fingerprint density at radius 2 is 1.72 bits per heavy atom. The predicted molar refractivity (Wildman–Crippen MR) is 113 cm³/mol. The summed E-state index contributed by atoms with van der Waals surface area (Å²) in [4.78, 5) is 27.0. The van der Waals surface area contributed by atoms with Crippen LogP contribution in [0.15, 0.2) is 54.2 Å². The maximum atomic E-state index is 12.9. The van der Waals surface area contributed by atoms with E-state index in [1.165, 1.54) is 4.90 Å². The molecule has 6 heteroatoms. The first kappa shape index (κ1) is 20.5. The van der Waals surface area contributed by atoms with E-state index >= 15 is 0 Å². The molecule has 6 nitrogen and oxygen atoms in total. The van der Waals surface area contributed by atoms with Crippen molar-refractivity contribution in [3.05, 3.63) is 59.8 Å². The van der Waals surface area contributed by atoms with Gasteiger partial charge in [0.1, 0.15) is 17.2 Å². The number of ether oxygens (including phenoxy) is 2. The molecule has 0 fully saturated rings. The van der Waals surface area contributed by atoms with Gasteiger partial charge in [-0.25, -0.2) is 0 Å². The highest BCUT2D eigenvalue weighted by Crippen LogP contribution is 2.32. The topological polar surface area (TPSA) is 67.9 Å². The van der Waals surface area contributed by atoms with Crippen LogP contribution in [0, 0.1) is 5.92 Å². The fourth-order valence-corrected chi connectivity index (χ4v) is 3.07. The van der Waals surface area contributed by atoms with Crippen LogP contribution in [-0.2, 0) is 9.59 Å². The molecule has 0 aliphatic carbocycles.